The highest BCUT2D eigenvalue weighted by Crippen LogP contribution is 2.43. The minimum absolute atomic E-state index is 0.0353. The van der Waals surface area contributed by atoms with Crippen molar-refractivity contribution in [3.8, 4) is 0 Å². The van der Waals surface area contributed by atoms with Gasteiger partial charge >= 0.3 is 13.8 Å². The lowest BCUT2D eigenvalue weighted by molar-refractivity contribution is -0.870. The molecule has 0 aromatic carbocycles. The average molecular weight is 1100 g/mol. The fourth-order valence-corrected chi connectivity index (χ4v) is 9.94. The molecule has 0 rings (SSSR count). The summed E-state index contributed by atoms with van der Waals surface area (Å²) in [6, 6.07) is -0.858. The number of unbranched alkanes of at least 4 members (excludes halogenated alkanes) is 34. The average Bonchev–Trinajstić information content (AvgIpc) is 3.39. The third-order valence-corrected chi connectivity index (χ3v) is 15.2. The zero-order chi connectivity index (χ0) is 56.4. The second-order valence-electron chi connectivity index (χ2n) is 23.0. The van der Waals surface area contributed by atoms with Crippen molar-refractivity contribution in [2.75, 3.05) is 40.9 Å². The number of nitrogens with zero attached hydrogens (tertiary/aromatic N) is 1. The molecule has 0 aliphatic carbocycles. The highest BCUT2D eigenvalue weighted by atomic mass is 31.2. The van der Waals surface area contributed by atoms with Crippen molar-refractivity contribution in [2.24, 2.45) is 0 Å². The molecule has 0 aromatic rings. The van der Waals surface area contributed by atoms with Crippen molar-refractivity contribution in [2.45, 2.75) is 303 Å². The molecule has 0 spiro atoms. The standard InChI is InChI=1S/C67H123N2O7P/c1-7-10-13-16-19-22-25-28-29-30-31-32-33-34-35-36-37-38-39-42-44-47-50-53-56-59-66(70)68-64(63-75-77(72,73)74-62-61-69(4,5)6)65(58-55-52-49-46-43-40-26-23-20-17-14-11-8-2)76-67(71)60-57-54-51-48-45-41-27-24-21-18-15-12-9-3/h12,15,18-19,21-22,24,27-29,55,58,64-65H,7-11,13-14,16-17,20,23,25-26,30-54,56-57,59-63H2,1-6H3,(H-,68,70,72,73)/p+1/b15-12+,21-18+,22-19-,27-24-,29-28-,58-55-. The van der Waals surface area contributed by atoms with E-state index < -0.39 is 20.0 Å². The number of phosphoric acid groups is 1. The summed E-state index contributed by atoms with van der Waals surface area (Å²) in [4.78, 5) is 37.7. The summed E-state index contributed by atoms with van der Waals surface area (Å²) in [5.41, 5.74) is 0. The topological polar surface area (TPSA) is 111 Å². The second kappa shape index (κ2) is 56.7. The van der Waals surface area contributed by atoms with E-state index in [1.165, 1.54) is 167 Å². The largest absolute Gasteiger partial charge is 0.472 e. The predicted octanol–water partition coefficient (Wildman–Crippen LogP) is 20.0. The van der Waals surface area contributed by atoms with Crippen LogP contribution in [0.3, 0.4) is 0 Å². The molecule has 0 radical (unpaired) electrons. The SMILES string of the molecule is CC/C=C/C=C/C=C\CCCCCCCC(=O)OC(/C=C\CCCCCCCCCCCCC)C(COP(=O)(O)OCC[N+](C)(C)C)NC(=O)CCCCCCCCCCCCCCCCC/C=C\C/C=C\CCCCC. The van der Waals surface area contributed by atoms with Crippen molar-refractivity contribution in [3.05, 3.63) is 72.9 Å². The number of quaternary nitrogens is 1. The number of carbonyl (C=O) groups excluding carboxylic acids is 2. The van der Waals surface area contributed by atoms with Gasteiger partial charge in [-0.05, 0) is 83.1 Å². The van der Waals surface area contributed by atoms with Gasteiger partial charge in [-0.2, -0.15) is 0 Å². The number of carbonyl (C=O) groups is 2. The monoisotopic (exact) mass is 1100 g/mol. The molecule has 0 fully saturated rings. The third kappa shape index (κ3) is 57.9. The van der Waals surface area contributed by atoms with E-state index in [0.29, 0.717) is 23.9 Å². The van der Waals surface area contributed by atoms with Crippen LogP contribution >= 0.6 is 7.82 Å². The van der Waals surface area contributed by atoms with E-state index in [-0.39, 0.29) is 31.5 Å². The molecule has 2 N–H and O–H groups in total. The number of rotatable bonds is 58. The molecule has 77 heavy (non-hydrogen) atoms. The van der Waals surface area contributed by atoms with E-state index in [4.69, 9.17) is 13.8 Å². The van der Waals surface area contributed by atoms with Crippen molar-refractivity contribution >= 4 is 19.7 Å². The van der Waals surface area contributed by atoms with Gasteiger partial charge in [-0.25, -0.2) is 4.57 Å². The number of hydrogen-bond donors (Lipinski definition) is 2. The van der Waals surface area contributed by atoms with Crippen LogP contribution in [0, 0.1) is 0 Å². The first-order valence-corrected chi connectivity index (χ1v) is 33.8. The summed E-state index contributed by atoms with van der Waals surface area (Å²) in [6.07, 6.45) is 73.4. The van der Waals surface area contributed by atoms with Crippen molar-refractivity contribution in [1.82, 2.24) is 5.32 Å². The minimum atomic E-state index is -4.45. The summed E-state index contributed by atoms with van der Waals surface area (Å²) < 4.78 is 30.7. The van der Waals surface area contributed by atoms with Crippen LogP contribution in [-0.2, 0) is 27.9 Å². The molecule has 0 aromatic heterocycles. The maximum Gasteiger partial charge on any atom is 0.472 e. The predicted molar refractivity (Wildman–Crippen MR) is 332 cm³/mol. The molecule has 0 aliphatic heterocycles. The Balaban J connectivity index is 5.11. The molecule has 0 bridgehead atoms. The van der Waals surface area contributed by atoms with Gasteiger partial charge in [0, 0.05) is 12.8 Å². The van der Waals surface area contributed by atoms with E-state index in [0.717, 1.165) is 83.5 Å². The van der Waals surface area contributed by atoms with Crippen molar-refractivity contribution < 1.29 is 37.3 Å². The third-order valence-electron chi connectivity index (χ3n) is 14.2. The van der Waals surface area contributed by atoms with Gasteiger partial charge in [-0.1, -0.05) is 267 Å². The molecule has 3 unspecified atom stereocenters. The Kier molecular flexibility index (Phi) is 54.8. The van der Waals surface area contributed by atoms with Crippen LogP contribution < -0.4 is 5.32 Å². The van der Waals surface area contributed by atoms with E-state index in [1.807, 2.05) is 33.3 Å². The number of amides is 1. The van der Waals surface area contributed by atoms with E-state index in [1.54, 1.807) is 0 Å². The van der Waals surface area contributed by atoms with Gasteiger partial charge in [0.1, 0.15) is 19.3 Å². The highest BCUT2D eigenvalue weighted by molar-refractivity contribution is 7.47. The van der Waals surface area contributed by atoms with E-state index in [2.05, 4.69) is 86.8 Å². The molecular formula is C67H124N2O7P+. The number of hydrogen-bond acceptors (Lipinski definition) is 6. The van der Waals surface area contributed by atoms with Gasteiger partial charge in [0.15, 0.2) is 0 Å². The van der Waals surface area contributed by atoms with Gasteiger partial charge in [0.05, 0.1) is 33.8 Å². The Bertz CT molecular complexity index is 1550. The van der Waals surface area contributed by atoms with Crippen LogP contribution in [0.2, 0.25) is 0 Å². The number of allylic oxidation sites excluding steroid dienone is 11. The summed E-state index contributed by atoms with van der Waals surface area (Å²) >= 11 is 0. The summed E-state index contributed by atoms with van der Waals surface area (Å²) in [7, 11) is 1.48. The van der Waals surface area contributed by atoms with Crippen LogP contribution in [0.5, 0.6) is 0 Å². The molecule has 0 heterocycles. The van der Waals surface area contributed by atoms with Crippen LogP contribution in [-0.4, -0.2) is 74.3 Å². The molecule has 10 heteroatoms. The van der Waals surface area contributed by atoms with Gasteiger partial charge in [0.2, 0.25) is 5.91 Å². The summed E-state index contributed by atoms with van der Waals surface area (Å²) in [5.74, 6) is -0.524. The van der Waals surface area contributed by atoms with Crippen LogP contribution in [0.25, 0.3) is 0 Å². The first kappa shape index (κ1) is 74.5. The molecule has 0 aliphatic rings. The molecule has 448 valence electrons. The fraction of sp³-hybridized carbons (Fsp3) is 0.791. The Morgan fingerprint density at radius 1 is 0.481 bits per heavy atom. The van der Waals surface area contributed by atoms with Crippen molar-refractivity contribution in [1.29, 1.82) is 0 Å². The zero-order valence-corrected chi connectivity index (χ0v) is 52.1. The normalized spacial score (nSPS) is 14.1. The van der Waals surface area contributed by atoms with Crippen LogP contribution in [0.4, 0.5) is 0 Å². The molecule has 3 atom stereocenters. The zero-order valence-electron chi connectivity index (χ0n) is 51.2. The maximum atomic E-state index is 13.6. The fourth-order valence-electron chi connectivity index (χ4n) is 9.21. The quantitative estimate of drug-likeness (QED) is 0.0156. The lowest BCUT2D eigenvalue weighted by Crippen LogP contribution is -2.47. The Hall–Kier alpha value is -2.55. The Morgan fingerprint density at radius 2 is 0.883 bits per heavy atom. The van der Waals surface area contributed by atoms with Crippen LogP contribution in [0.1, 0.15) is 290 Å². The summed E-state index contributed by atoms with van der Waals surface area (Å²) in [5, 5.41) is 3.06. The number of ether oxygens (including phenoxy) is 1. The number of phosphoric ester groups is 1. The van der Waals surface area contributed by atoms with E-state index in [9.17, 15) is 19.0 Å². The highest BCUT2D eigenvalue weighted by Gasteiger charge is 2.30. The van der Waals surface area contributed by atoms with Gasteiger partial charge in [-0.3, -0.25) is 18.6 Å². The van der Waals surface area contributed by atoms with Gasteiger partial charge in [0.25, 0.3) is 0 Å². The molecule has 0 saturated heterocycles. The Morgan fingerprint density at radius 3 is 1.36 bits per heavy atom. The number of nitrogens with one attached hydrogen (secondary N) is 1. The minimum Gasteiger partial charge on any atom is -0.456 e. The number of esters is 1. The van der Waals surface area contributed by atoms with Gasteiger partial charge in [-0.15, -0.1) is 0 Å². The molecular weight excluding hydrogens is 976 g/mol. The molecule has 1 amide bonds. The maximum absolute atomic E-state index is 13.6. The summed E-state index contributed by atoms with van der Waals surface area (Å²) in [6.45, 7) is 6.86. The first-order valence-electron chi connectivity index (χ1n) is 32.3. The van der Waals surface area contributed by atoms with E-state index >= 15 is 0 Å². The molecule has 0 saturated carbocycles. The van der Waals surface area contributed by atoms with Crippen molar-refractivity contribution in [3.63, 3.8) is 0 Å². The number of likely N-dealkylation sites (N-methyl/N-ethyl adjacent to an activating group) is 1. The lowest BCUT2D eigenvalue weighted by atomic mass is 10.0. The second-order valence-corrected chi connectivity index (χ2v) is 24.4. The smallest absolute Gasteiger partial charge is 0.456 e. The Labute approximate surface area is 476 Å². The lowest BCUT2D eigenvalue weighted by Gasteiger charge is -2.27. The first-order chi connectivity index (χ1) is 37.4. The van der Waals surface area contributed by atoms with Crippen LogP contribution in [0.15, 0.2) is 72.9 Å². The molecule has 9 nitrogen and oxygen atoms in total. The van der Waals surface area contributed by atoms with Gasteiger partial charge < -0.3 is 19.4 Å².